The summed E-state index contributed by atoms with van der Waals surface area (Å²) in [6, 6.07) is 9.82. The molecule has 8 heteroatoms. The lowest BCUT2D eigenvalue weighted by Crippen LogP contribution is -2.30. The molecule has 3 N–H and O–H groups in total. The van der Waals surface area contributed by atoms with Gasteiger partial charge < -0.3 is 5.73 Å². The van der Waals surface area contributed by atoms with Gasteiger partial charge in [-0.2, -0.15) is 0 Å². The predicted molar refractivity (Wildman–Crippen MR) is 103 cm³/mol. The van der Waals surface area contributed by atoms with Crippen molar-refractivity contribution in [2.75, 3.05) is 19.6 Å². The summed E-state index contributed by atoms with van der Waals surface area (Å²) in [5.74, 6) is -0.330. The van der Waals surface area contributed by atoms with E-state index in [1.54, 1.807) is 0 Å². The second kappa shape index (κ2) is 7.87. The third kappa shape index (κ3) is 4.70. The van der Waals surface area contributed by atoms with E-state index in [0.717, 1.165) is 37.4 Å². The monoisotopic (exact) mass is 393 g/mol. The summed E-state index contributed by atoms with van der Waals surface area (Å²) in [5, 5.41) is 1.45. The maximum atomic E-state index is 12.4. The van der Waals surface area contributed by atoms with Crippen LogP contribution in [0.15, 0.2) is 40.6 Å². The van der Waals surface area contributed by atoms with Crippen molar-refractivity contribution in [3.05, 3.63) is 51.7 Å². The number of thiophene rings is 1. The Kier molecular flexibility index (Phi) is 5.76. The van der Waals surface area contributed by atoms with Crippen molar-refractivity contribution >= 4 is 27.3 Å². The van der Waals surface area contributed by atoms with Crippen molar-refractivity contribution in [1.29, 1.82) is 0 Å². The van der Waals surface area contributed by atoms with Crippen LogP contribution >= 0.6 is 11.3 Å². The highest BCUT2D eigenvalue weighted by Crippen LogP contribution is 2.21. The maximum absolute atomic E-state index is 12.4. The van der Waals surface area contributed by atoms with Crippen LogP contribution in [0.1, 0.15) is 27.2 Å². The van der Waals surface area contributed by atoms with Gasteiger partial charge in [0.1, 0.15) is 0 Å². The molecule has 1 aliphatic heterocycles. The van der Waals surface area contributed by atoms with Crippen LogP contribution in [0.2, 0.25) is 0 Å². The molecule has 1 amide bonds. The molecule has 0 aliphatic carbocycles. The van der Waals surface area contributed by atoms with Crippen LogP contribution < -0.4 is 10.5 Å². The van der Waals surface area contributed by atoms with E-state index in [1.165, 1.54) is 22.6 Å². The Balaban J connectivity index is 1.52. The molecule has 1 unspecified atom stereocenters. The Labute approximate surface area is 158 Å². The number of nitrogens with one attached hydrogen (secondary N) is 1. The van der Waals surface area contributed by atoms with Crippen molar-refractivity contribution < 1.29 is 13.2 Å². The fourth-order valence-corrected chi connectivity index (χ4v) is 5.32. The molecular formula is C18H23N3O3S2. The van der Waals surface area contributed by atoms with Gasteiger partial charge in [0.05, 0.1) is 9.77 Å². The summed E-state index contributed by atoms with van der Waals surface area (Å²) < 4.78 is 27.4. The molecule has 2 heterocycles. The van der Waals surface area contributed by atoms with E-state index >= 15 is 0 Å². The fraction of sp³-hybridized carbons (Fsp3) is 0.389. The van der Waals surface area contributed by atoms with Crippen molar-refractivity contribution in [2.24, 2.45) is 11.7 Å². The van der Waals surface area contributed by atoms with Gasteiger partial charge in [-0.3, -0.25) is 9.69 Å². The molecule has 0 spiro atoms. The maximum Gasteiger partial charge on any atom is 0.258 e. The molecule has 1 aromatic carbocycles. The van der Waals surface area contributed by atoms with E-state index in [0.29, 0.717) is 6.54 Å². The Bertz CT molecular complexity index is 875. The predicted octanol–water partition coefficient (Wildman–Crippen LogP) is 1.96. The Morgan fingerprint density at radius 1 is 1.35 bits per heavy atom. The number of aryl methyl sites for hydroxylation is 1. The average Bonchev–Trinajstić information content (AvgIpc) is 3.25. The fourth-order valence-electron chi connectivity index (χ4n) is 3.07. The first-order valence-corrected chi connectivity index (χ1v) is 10.9. The highest BCUT2D eigenvalue weighted by Gasteiger charge is 2.25. The highest BCUT2D eigenvalue weighted by molar-refractivity contribution is 7.89. The minimum atomic E-state index is -3.61. The Morgan fingerprint density at radius 2 is 2.08 bits per heavy atom. The zero-order chi connectivity index (χ0) is 18.7. The second-order valence-corrected chi connectivity index (χ2v) is 9.42. The third-order valence-electron chi connectivity index (χ3n) is 4.59. The van der Waals surface area contributed by atoms with Gasteiger partial charge in [0.25, 0.3) is 5.91 Å². The van der Waals surface area contributed by atoms with Crippen molar-refractivity contribution in [3.63, 3.8) is 0 Å². The summed E-state index contributed by atoms with van der Waals surface area (Å²) in [6.45, 7) is 5.18. The number of carbonyl (C=O) groups is 1. The lowest BCUT2D eigenvalue weighted by molar-refractivity contribution is 0.100. The standard InChI is InChI=1S/C18H23N3O3S2/c1-13-2-4-14(5-3-13)10-21-7-6-15(11-21)9-20-26(23,24)16-8-17(18(19)22)25-12-16/h2-5,8,12,15,20H,6-7,9-11H2,1H3,(H2,19,22). The molecule has 1 saturated heterocycles. The van der Waals surface area contributed by atoms with E-state index in [2.05, 4.69) is 40.8 Å². The summed E-state index contributed by atoms with van der Waals surface area (Å²) in [5.41, 5.74) is 7.70. The van der Waals surface area contributed by atoms with Crippen LogP contribution in [0.25, 0.3) is 0 Å². The molecule has 2 aromatic rings. The molecule has 0 saturated carbocycles. The van der Waals surface area contributed by atoms with Crippen LogP contribution in [0.3, 0.4) is 0 Å². The number of rotatable bonds is 7. The van der Waals surface area contributed by atoms with Gasteiger partial charge in [-0.15, -0.1) is 11.3 Å². The van der Waals surface area contributed by atoms with Crippen LogP contribution in [0, 0.1) is 12.8 Å². The van der Waals surface area contributed by atoms with Crippen LogP contribution in [0.5, 0.6) is 0 Å². The zero-order valence-electron chi connectivity index (χ0n) is 14.6. The molecule has 1 aromatic heterocycles. The third-order valence-corrected chi connectivity index (χ3v) is 7.08. The van der Waals surface area contributed by atoms with Crippen LogP contribution in [-0.2, 0) is 16.6 Å². The Hall–Kier alpha value is -1.74. The first kappa shape index (κ1) is 19.0. The lowest BCUT2D eigenvalue weighted by Gasteiger charge is -2.16. The molecule has 140 valence electrons. The quantitative estimate of drug-likeness (QED) is 0.752. The topological polar surface area (TPSA) is 92.5 Å². The summed E-state index contributed by atoms with van der Waals surface area (Å²) in [6.07, 6.45) is 0.963. The minimum absolute atomic E-state index is 0.103. The van der Waals surface area contributed by atoms with E-state index < -0.39 is 15.9 Å². The molecular weight excluding hydrogens is 370 g/mol. The van der Waals surface area contributed by atoms with Crippen molar-refractivity contribution in [3.8, 4) is 0 Å². The summed E-state index contributed by atoms with van der Waals surface area (Å²) in [4.78, 5) is 13.8. The second-order valence-electron chi connectivity index (χ2n) is 6.74. The number of nitrogens with zero attached hydrogens (tertiary/aromatic N) is 1. The average molecular weight is 394 g/mol. The lowest BCUT2D eigenvalue weighted by atomic mass is 10.1. The number of hydrogen-bond acceptors (Lipinski definition) is 5. The van der Waals surface area contributed by atoms with Crippen molar-refractivity contribution in [1.82, 2.24) is 9.62 Å². The van der Waals surface area contributed by atoms with Crippen molar-refractivity contribution in [2.45, 2.75) is 24.8 Å². The number of carbonyl (C=O) groups excluding carboxylic acids is 1. The van der Waals surface area contributed by atoms with Gasteiger partial charge in [-0.25, -0.2) is 13.1 Å². The first-order chi connectivity index (χ1) is 12.3. The molecule has 1 aliphatic rings. The van der Waals surface area contributed by atoms with E-state index in [9.17, 15) is 13.2 Å². The van der Waals surface area contributed by atoms with E-state index in [4.69, 9.17) is 5.73 Å². The number of nitrogens with two attached hydrogens (primary N) is 1. The Morgan fingerprint density at radius 3 is 2.73 bits per heavy atom. The number of likely N-dealkylation sites (tertiary alicyclic amines) is 1. The van der Waals surface area contributed by atoms with E-state index in [-0.39, 0.29) is 15.7 Å². The highest BCUT2D eigenvalue weighted by atomic mass is 32.2. The molecule has 0 bridgehead atoms. The van der Waals surface area contributed by atoms with Crippen LogP contribution in [0.4, 0.5) is 0 Å². The molecule has 1 fully saturated rings. The SMILES string of the molecule is Cc1ccc(CN2CCC(CNS(=O)(=O)c3csc(C(N)=O)c3)C2)cc1. The molecule has 0 radical (unpaired) electrons. The smallest absolute Gasteiger partial charge is 0.258 e. The van der Waals surface area contributed by atoms with Gasteiger partial charge in [-0.1, -0.05) is 29.8 Å². The largest absolute Gasteiger partial charge is 0.365 e. The molecule has 26 heavy (non-hydrogen) atoms. The number of hydrogen-bond donors (Lipinski definition) is 2. The summed E-state index contributed by atoms with van der Waals surface area (Å²) in [7, 11) is -3.61. The van der Waals surface area contributed by atoms with Gasteiger partial charge >= 0.3 is 0 Å². The first-order valence-electron chi connectivity index (χ1n) is 8.49. The number of primary amides is 1. The number of benzene rings is 1. The van der Waals surface area contributed by atoms with Gasteiger partial charge in [0.2, 0.25) is 10.0 Å². The molecule has 1 atom stereocenters. The molecule has 6 nitrogen and oxygen atoms in total. The number of amides is 1. The molecule has 3 rings (SSSR count). The van der Waals surface area contributed by atoms with E-state index in [1.807, 2.05) is 0 Å². The van der Waals surface area contributed by atoms with Gasteiger partial charge in [0, 0.05) is 25.0 Å². The normalized spacial score (nSPS) is 18.3. The van der Waals surface area contributed by atoms with Crippen LogP contribution in [-0.4, -0.2) is 38.9 Å². The zero-order valence-corrected chi connectivity index (χ0v) is 16.3. The number of sulfonamides is 1. The minimum Gasteiger partial charge on any atom is -0.365 e. The summed E-state index contributed by atoms with van der Waals surface area (Å²) >= 11 is 1.04. The van der Waals surface area contributed by atoms with Gasteiger partial charge in [-0.05, 0) is 37.4 Å². The van der Waals surface area contributed by atoms with Gasteiger partial charge in [0.15, 0.2) is 0 Å².